The lowest BCUT2D eigenvalue weighted by molar-refractivity contribution is -0.0339. The number of ether oxygens (including phenoxy) is 1. The fraction of sp³-hybridized carbons (Fsp3) is 0.444. The van der Waals surface area contributed by atoms with Crippen LogP contribution < -0.4 is 0 Å². The van der Waals surface area contributed by atoms with Crippen LogP contribution in [0, 0.1) is 0 Å². The highest BCUT2D eigenvalue weighted by Crippen LogP contribution is 2.25. The molecule has 2 aromatic heterocycles. The van der Waals surface area contributed by atoms with Gasteiger partial charge in [-0.05, 0) is 18.6 Å². The molecule has 3 aromatic rings. The van der Waals surface area contributed by atoms with Gasteiger partial charge in [-0.1, -0.05) is 19.1 Å². The van der Waals surface area contributed by atoms with E-state index in [0.717, 1.165) is 55.6 Å². The summed E-state index contributed by atoms with van der Waals surface area (Å²) in [5.41, 5.74) is 2.32. The molecule has 126 valence electrons. The number of fused-ring (bicyclic) bond motifs is 1. The summed E-state index contributed by atoms with van der Waals surface area (Å²) in [6.45, 7) is 6.65. The molecule has 0 spiro atoms. The largest absolute Gasteiger partial charge is 0.368 e. The fourth-order valence-corrected chi connectivity index (χ4v) is 3.99. The first-order valence-corrected chi connectivity index (χ1v) is 9.40. The molecular formula is C18H22N4OS. The maximum absolute atomic E-state index is 5.91. The Hall–Kier alpha value is -1.76. The van der Waals surface area contributed by atoms with Crippen molar-refractivity contribution >= 4 is 22.4 Å². The van der Waals surface area contributed by atoms with Gasteiger partial charge in [0.25, 0.3) is 0 Å². The Labute approximate surface area is 145 Å². The molecule has 0 amide bonds. The molecule has 6 heteroatoms. The molecule has 0 radical (unpaired) electrons. The van der Waals surface area contributed by atoms with Crippen molar-refractivity contribution in [1.29, 1.82) is 0 Å². The molecule has 4 rings (SSSR count). The van der Waals surface area contributed by atoms with E-state index in [2.05, 4.69) is 45.6 Å². The Morgan fingerprint density at radius 2 is 2.25 bits per heavy atom. The highest BCUT2D eigenvalue weighted by atomic mass is 32.1. The first-order chi connectivity index (χ1) is 11.8. The van der Waals surface area contributed by atoms with Gasteiger partial charge in [0.2, 0.25) is 0 Å². The Bertz CT molecular complexity index is 799. The van der Waals surface area contributed by atoms with Gasteiger partial charge in [-0.2, -0.15) is 0 Å². The number of hydrogen-bond acceptors (Lipinski definition) is 5. The molecule has 24 heavy (non-hydrogen) atoms. The Morgan fingerprint density at radius 3 is 3.08 bits per heavy atom. The fourth-order valence-electron chi connectivity index (χ4n) is 3.31. The molecule has 1 atom stereocenters. The van der Waals surface area contributed by atoms with Gasteiger partial charge in [0.15, 0.2) is 0 Å². The quantitative estimate of drug-likeness (QED) is 0.712. The lowest BCUT2D eigenvalue weighted by Crippen LogP contribution is -2.38. The number of para-hydroxylation sites is 2. The number of hydrogen-bond donors (Lipinski definition) is 0. The van der Waals surface area contributed by atoms with Crippen LogP contribution in [0.1, 0.15) is 30.3 Å². The zero-order valence-corrected chi connectivity index (χ0v) is 14.7. The van der Waals surface area contributed by atoms with Crippen molar-refractivity contribution in [1.82, 2.24) is 19.4 Å². The third-order valence-electron chi connectivity index (χ3n) is 4.42. The molecule has 5 nitrogen and oxygen atoms in total. The Balaban J connectivity index is 1.56. The molecular weight excluding hydrogens is 320 g/mol. The minimum absolute atomic E-state index is 0.0859. The van der Waals surface area contributed by atoms with Crippen LogP contribution in [0.3, 0.4) is 0 Å². The first-order valence-electron chi connectivity index (χ1n) is 8.52. The summed E-state index contributed by atoms with van der Waals surface area (Å²) in [5.74, 6) is 1.15. The maximum Gasteiger partial charge on any atom is 0.124 e. The molecule has 1 aliphatic rings. The van der Waals surface area contributed by atoms with Crippen LogP contribution in [0.25, 0.3) is 11.0 Å². The number of nitrogens with zero attached hydrogens (tertiary/aromatic N) is 4. The monoisotopic (exact) mass is 342 g/mol. The number of benzene rings is 1. The smallest absolute Gasteiger partial charge is 0.124 e. The van der Waals surface area contributed by atoms with Gasteiger partial charge < -0.3 is 9.30 Å². The van der Waals surface area contributed by atoms with Gasteiger partial charge in [-0.3, -0.25) is 4.90 Å². The zero-order chi connectivity index (χ0) is 16.4. The molecule has 1 fully saturated rings. The third-order valence-corrected chi connectivity index (χ3v) is 5.29. The molecule has 1 aliphatic heterocycles. The van der Waals surface area contributed by atoms with E-state index in [0.29, 0.717) is 0 Å². The number of aryl methyl sites for hydroxylation is 1. The molecule has 0 unspecified atom stereocenters. The van der Waals surface area contributed by atoms with Crippen molar-refractivity contribution in [2.45, 2.75) is 32.5 Å². The van der Waals surface area contributed by atoms with Gasteiger partial charge in [0.1, 0.15) is 16.9 Å². The van der Waals surface area contributed by atoms with Crippen LogP contribution in [0.4, 0.5) is 0 Å². The van der Waals surface area contributed by atoms with E-state index in [1.165, 1.54) is 5.52 Å². The van der Waals surface area contributed by atoms with Crippen molar-refractivity contribution in [3.63, 3.8) is 0 Å². The molecule has 0 N–H and O–H groups in total. The van der Waals surface area contributed by atoms with Gasteiger partial charge in [-0.25, -0.2) is 9.97 Å². The van der Waals surface area contributed by atoms with Crippen molar-refractivity contribution in [2.75, 3.05) is 19.7 Å². The minimum Gasteiger partial charge on any atom is -0.368 e. The van der Waals surface area contributed by atoms with E-state index < -0.39 is 0 Å². The minimum atomic E-state index is 0.0859. The van der Waals surface area contributed by atoms with Crippen LogP contribution in [0.2, 0.25) is 0 Å². The average molecular weight is 342 g/mol. The van der Waals surface area contributed by atoms with Crippen molar-refractivity contribution in [3.05, 3.63) is 46.7 Å². The van der Waals surface area contributed by atoms with E-state index in [1.54, 1.807) is 11.3 Å². The Kier molecular flexibility index (Phi) is 4.60. The molecule has 0 saturated carbocycles. The van der Waals surface area contributed by atoms with Crippen LogP contribution >= 0.6 is 11.3 Å². The second kappa shape index (κ2) is 7.01. The van der Waals surface area contributed by atoms with E-state index in [4.69, 9.17) is 9.72 Å². The molecule has 0 aliphatic carbocycles. The summed E-state index contributed by atoms with van der Waals surface area (Å²) < 4.78 is 8.27. The zero-order valence-electron chi connectivity index (χ0n) is 13.9. The van der Waals surface area contributed by atoms with Crippen molar-refractivity contribution in [3.8, 4) is 0 Å². The molecule has 1 saturated heterocycles. The topological polar surface area (TPSA) is 43.2 Å². The van der Waals surface area contributed by atoms with Crippen LogP contribution in [0.5, 0.6) is 0 Å². The lowest BCUT2D eigenvalue weighted by atomic mass is 10.2. The number of rotatable bonds is 5. The van der Waals surface area contributed by atoms with Crippen molar-refractivity contribution < 1.29 is 4.74 Å². The van der Waals surface area contributed by atoms with E-state index in [9.17, 15) is 0 Å². The number of morpholine rings is 1. The SMILES string of the molecule is CCCn1c(CN2CCO[C@H](c3nccs3)C2)nc2ccccc21. The normalized spacial score (nSPS) is 19.1. The standard InChI is InChI=1S/C18H22N4OS/c1-2-8-22-15-6-4-3-5-14(15)20-17(22)13-21-9-10-23-16(12-21)18-19-7-11-24-18/h3-7,11,16H,2,8-10,12-13H2,1H3/t16-/m0/s1. The first kappa shape index (κ1) is 15.7. The summed E-state index contributed by atoms with van der Waals surface area (Å²) in [4.78, 5) is 11.7. The summed E-state index contributed by atoms with van der Waals surface area (Å²) in [6.07, 6.45) is 3.05. The van der Waals surface area contributed by atoms with Crippen LogP contribution in [0.15, 0.2) is 35.8 Å². The highest BCUT2D eigenvalue weighted by molar-refractivity contribution is 7.09. The average Bonchev–Trinajstić information content (AvgIpc) is 3.25. The second-order valence-corrected chi connectivity index (χ2v) is 7.06. The summed E-state index contributed by atoms with van der Waals surface area (Å²) >= 11 is 1.67. The van der Waals surface area contributed by atoms with Gasteiger partial charge in [-0.15, -0.1) is 11.3 Å². The molecule has 3 heterocycles. The third kappa shape index (κ3) is 3.09. The van der Waals surface area contributed by atoms with Crippen molar-refractivity contribution in [2.24, 2.45) is 0 Å². The summed E-state index contributed by atoms with van der Waals surface area (Å²) in [5, 5.41) is 3.08. The number of imidazole rings is 1. The lowest BCUT2D eigenvalue weighted by Gasteiger charge is -2.31. The Morgan fingerprint density at radius 1 is 1.33 bits per heavy atom. The van der Waals surface area contributed by atoms with Crippen LogP contribution in [-0.2, 0) is 17.8 Å². The highest BCUT2D eigenvalue weighted by Gasteiger charge is 2.25. The second-order valence-electron chi connectivity index (χ2n) is 6.13. The predicted octanol–water partition coefficient (Wildman–Crippen LogP) is 3.48. The number of aromatic nitrogens is 3. The van der Waals surface area contributed by atoms with Gasteiger partial charge in [0.05, 0.1) is 24.2 Å². The summed E-state index contributed by atoms with van der Waals surface area (Å²) in [7, 11) is 0. The van der Waals surface area contributed by atoms with Gasteiger partial charge >= 0.3 is 0 Å². The molecule has 0 bridgehead atoms. The van der Waals surface area contributed by atoms with Crippen LogP contribution in [-0.4, -0.2) is 39.1 Å². The van der Waals surface area contributed by atoms with E-state index in [1.807, 2.05) is 11.6 Å². The van der Waals surface area contributed by atoms with E-state index >= 15 is 0 Å². The number of thiazole rings is 1. The maximum atomic E-state index is 5.91. The molecule has 1 aromatic carbocycles. The summed E-state index contributed by atoms with van der Waals surface area (Å²) in [6, 6.07) is 8.41. The van der Waals surface area contributed by atoms with Gasteiger partial charge in [0, 0.05) is 31.2 Å². The predicted molar refractivity (Wildman–Crippen MR) is 96.1 cm³/mol. The van der Waals surface area contributed by atoms with E-state index in [-0.39, 0.29) is 6.10 Å².